The van der Waals surface area contributed by atoms with Crippen molar-refractivity contribution >= 4 is 17.7 Å². The molecule has 0 aromatic carbocycles. The van der Waals surface area contributed by atoms with Crippen LogP contribution in [0.15, 0.2) is 33.4 Å². The molecule has 0 aliphatic rings. The predicted molar refractivity (Wildman–Crippen MR) is 52.6 cm³/mol. The van der Waals surface area contributed by atoms with Gasteiger partial charge in [0.15, 0.2) is 5.82 Å². The molecular weight excluding hydrogens is 198 g/mol. The van der Waals surface area contributed by atoms with Crippen LogP contribution in [0.25, 0.3) is 0 Å². The van der Waals surface area contributed by atoms with E-state index in [9.17, 15) is 4.79 Å². The van der Waals surface area contributed by atoms with Gasteiger partial charge < -0.3 is 8.94 Å². The molecule has 0 spiro atoms. The first-order valence-corrected chi connectivity index (χ1v) is 4.29. The average molecular weight is 207 g/mol. The van der Waals surface area contributed by atoms with Crippen molar-refractivity contribution in [1.82, 2.24) is 5.16 Å². The third-order valence-electron chi connectivity index (χ3n) is 1.63. The number of nitrogens with zero attached hydrogens (tertiary/aromatic N) is 1. The van der Waals surface area contributed by atoms with Crippen LogP contribution in [0, 0.1) is 6.92 Å². The molecular formula is C9H9N3O3. The summed E-state index contributed by atoms with van der Waals surface area (Å²) in [6.07, 6.45) is 1.47. The van der Waals surface area contributed by atoms with Gasteiger partial charge in [0, 0.05) is 12.1 Å². The van der Waals surface area contributed by atoms with E-state index in [2.05, 4.69) is 15.8 Å². The van der Waals surface area contributed by atoms with E-state index in [-0.39, 0.29) is 0 Å². The number of urea groups is 1. The Morgan fingerprint density at radius 1 is 1.47 bits per heavy atom. The van der Waals surface area contributed by atoms with Crippen LogP contribution in [0.5, 0.6) is 0 Å². The molecule has 0 aliphatic carbocycles. The van der Waals surface area contributed by atoms with E-state index in [0.717, 1.165) is 0 Å². The van der Waals surface area contributed by atoms with E-state index in [1.807, 2.05) is 0 Å². The Morgan fingerprint density at radius 2 is 2.33 bits per heavy atom. The lowest BCUT2D eigenvalue weighted by Crippen LogP contribution is -2.19. The van der Waals surface area contributed by atoms with Crippen molar-refractivity contribution in [3.8, 4) is 0 Å². The number of carbonyl (C=O) groups excluding carboxylic acids is 1. The predicted octanol–water partition coefficient (Wildman–Crippen LogP) is 2.22. The molecule has 0 radical (unpaired) electrons. The number of nitrogens with one attached hydrogen (secondary N) is 2. The number of rotatable bonds is 2. The molecule has 6 heteroatoms. The van der Waals surface area contributed by atoms with Crippen molar-refractivity contribution < 1.29 is 13.7 Å². The van der Waals surface area contributed by atoms with Crippen LogP contribution in [-0.4, -0.2) is 11.2 Å². The quantitative estimate of drug-likeness (QED) is 0.791. The number of aromatic nitrogens is 1. The van der Waals surface area contributed by atoms with Gasteiger partial charge in [-0.15, -0.1) is 0 Å². The van der Waals surface area contributed by atoms with Crippen LogP contribution < -0.4 is 10.6 Å². The first kappa shape index (κ1) is 9.32. The standard InChI is InChI=1S/C9H9N3O3/c1-6-5-7(12-15-6)10-9(13)11-8-3-2-4-14-8/h2-5H,1H3,(H2,10,11,12,13). The summed E-state index contributed by atoms with van der Waals surface area (Å²) in [5, 5.41) is 8.57. The zero-order chi connectivity index (χ0) is 10.7. The summed E-state index contributed by atoms with van der Waals surface area (Å²) in [5.74, 6) is 1.35. The molecule has 0 atom stereocenters. The molecule has 2 N–H and O–H groups in total. The number of carbonyl (C=O) groups is 1. The largest absolute Gasteiger partial charge is 0.449 e. The fraction of sp³-hybridized carbons (Fsp3) is 0.111. The maximum atomic E-state index is 11.3. The van der Waals surface area contributed by atoms with Crippen molar-refractivity contribution in [1.29, 1.82) is 0 Å². The molecule has 2 heterocycles. The number of anilines is 2. The SMILES string of the molecule is Cc1cc(NC(=O)Nc2ccco2)no1. The highest BCUT2D eigenvalue weighted by Crippen LogP contribution is 2.09. The van der Waals surface area contributed by atoms with E-state index in [4.69, 9.17) is 8.94 Å². The van der Waals surface area contributed by atoms with Crippen LogP contribution in [0.3, 0.4) is 0 Å². The Labute approximate surface area is 85.2 Å². The van der Waals surface area contributed by atoms with E-state index >= 15 is 0 Å². The van der Waals surface area contributed by atoms with Crippen molar-refractivity contribution in [3.63, 3.8) is 0 Å². The normalized spacial score (nSPS) is 9.93. The van der Waals surface area contributed by atoms with Crippen molar-refractivity contribution in [2.24, 2.45) is 0 Å². The van der Waals surface area contributed by atoms with E-state index in [1.165, 1.54) is 6.26 Å². The molecule has 15 heavy (non-hydrogen) atoms. The van der Waals surface area contributed by atoms with Gasteiger partial charge in [0.1, 0.15) is 5.76 Å². The second-order valence-corrected chi connectivity index (χ2v) is 2.88. The van der Waals surface area contributed by atoms with Gasteiger partial charge in [-0.2, -0.15) is 0 Å². The summed E-state index contributed by atoms with van der Waals surface area (Å²) in [6.45, 7) is 1.74. The summed E-state index contributed by atoms with van der Waals surface area (Å²) in [4.78, 5) is 11.3. The van der Waals surface area contributed by atoms with Crippen LogP contribution in [-0.2, 0) is 0 Å². The van der Waals surface area contributed by atoms with Gasteiger partial charge >= 0.3 is 6.03 Å². The smallest absolute Gasteiger partial charge is 0.327 e. The zero-order valence-corrected chi connectivity index (χ0v) is 7.98. The molecule has 2 aromatic rings. The number of amides is 2. The Morgan fingerprint density at radius 3 is 2.93 bits per heavy atom. The summed E-state index contributed by atoms with van der Waals surface area (Å²) in [6, 6.07) is 4.49. The van der Waals surface area contributed by atoms with E-state index < -0.39 is 6.03 Å². The highest BCUT2D eigenvalue weighted by molar-refractivity contribution is 5.98. The summed E-state index contributed by atoms with van der Waals surface area (Å²) in [5.41, 5.74) is 0. The molecule has 0 saturated heterocycles. The summed E-state index contributed by atoms with van der Waals surface area (Å²) < 4.78 is 9.72. The maximum absolute atomic E-state index is 11.3. The topological polar surface area (TPSA) is 80.3 Å². The third kappa shape index (κ3) is 2.37. The average Bonchev–Trinajstić information content (AvgIpc) is 2.77. The van der Waals surface area contributed by atoms with Gasteiger partial charge in [-0.05, 0) is 13.0 Å². The molecule has 0 aliphatic heterocycles. The molecule has 0 bridgehead atoms. The van der Waals surface area contributed by atoms with E-state index in [0.29, 0.717) is 17.5 Å². The Balaban J connectivity index is 1.93. The molecule has 78 valence electrons. The number of hydrogen-bond acceptors (Lipinski definition) is 4. The first-order valence-electron chi connectivity index (χ1n) is 4.29. The van der Waals surface area contributed by atoms with Gasteiger partial charge in [0.05, 0.1) is 6.26 Å². The lowest BCUT2D eigenvalue weighted by Gasteiger charge is -2.00. The monoisotopic (exact) mass is 207 g/mol. The maximum Gasteiger partial charge on any atom is 0.327 e. The molecule has 2 amide bonds. The third-order valence-corrected chi connectivity index (χ3v) is 1.63. The molecule has 0 unspecified atom stereocenters. The minimum atomic E-state index is -0.432. The minimum Gasteiger partial charge on any atom is -0.449 e. The van der Waals surface area contributed by atoms with Gasteiger partial charge in [0.2, 0.25) is 5.88 Å². The Kier molecular flexibility index (Phi) is 2.40. The second kappa shape index (κ2) is 3.87. The Bertz CT molecular complexity index is 447. The van der Waals surface area contributed by atoms with Crippen LogP contribution in [0.1, 0.15) is 5.76 Å². The fourth-order valence-electron chi connectivity index (χ4n) is 1.03. The van der Waals surface area contributed by atoms with Crippen LogP contribution >= 0.6 is 0 Å². The Hall–Kier alpha value is -2.24. The molecule has 0 saturated carbocycles. The zero-order valence-electron chi connectivity index (χ0n) is 7.98. The molecule has 0 fully saturated rings. The van der Waals surface area contributed by atoms with Crippen LogP contribution in [0.2, 0.25) is 0 Å². The first-order chi connectivity index (χ1) is 7.24. The highest BCUT2D eigenvalue weighted by Gasteiger charge is 2.06. The summed E-state index contributed by atoms with van der Waals surface area (Å²) >= 11 is 0. The number of aryl methyl sites for hydroxylation is 1. The number of furan rings is 1. The van der Waals surface area contributed by atoms with Gasteiger partial charge in [-0.1, -0.05) is 5.16 Å². The van der Waals surface area contributed by atoms with Gasteiger partial charge in [-0.3, -0.25) is 10.6 Å². The van der Waals surface area contributed by atoms with Crippen molar-refractivity contribution in [2.45, 2.75) is 6.92 Å². The minimum absolute atomic E-state index is 0.358. The van der Waals surface area contributed by atoms with Crippen molar-refractivity contribution in [2.75, 3.05) is 10.6 Å². The molecule has 2 rings (SSSR count). The fourth-order valence-corrected chi connectivity index (χ4v) is 1.03. The van der Waals surface area contributed by atoms with Gasteiger partial charge in [-0.25, -0.2) is 4.79 Å². The molecule has 6 nitrogen and oxygen atoms in total. The van der Waals surface area contributed by atoms with Gasteiger partial charge in [0.25, 0.3) is 0 Å². The lowest BCUT2D eigenvalue weighted by molar-refractivity contribution is 0.261. The highest BCUT2D eigenvalue weighted by atomic mass is 16.5. The van der Waals surface area contributed by atoms with Crippen LogP contribution in [0.4, 0.5) is 16.5 Å². The molecule has 2 aromatic heterocycles. The lowest BCUT2D eigenvalue weighted by atomic mass is 10.5. The summed E-state index contributed by atoms with van der Waals surface area (Å²) in [7, 11) is 0. The van der Waals surface area contributed by atoms with Crippen molar-refractivity contribution in [3.05, 3.63) is 30.2 Å². The van der Waals surface area contributed by atoms with E-state index in [1.54, 1.807) is 25.1 Å². The second-order valence-electron chi connectivity index (χ2n) is 2.88. The number of hydrogen-bond donors (Lipinski definition) is 2.